The van der Waals surface area contributed by atoms with E-state index in [1.165, 1.54) is 13.8 Å². The Labute approximate surface area is 67.4 Å². The van der Waals surface area contributed by atoms with Crippen LogP contribution in [0.25, 0.3) is 0 Å². The molecule has 0 aromatic heterocycles. The molecule has 0 rings (SSSR count). The molecule has 4 heteroatoms. The number of carbonyl (C=O) groups excluding carboxylic acids is 2. The minimum absolute atomic E-state index is 0. The zero-order valence-electron chi connectivity index (χ0n) is 5.25. The van der Waals surface area contributed by atoms with Gasteiger partial charge in [0.2, 0.25) is 0 Å². The third-order valence-electron chi connectivity index (χ3n) is 0.479. The molecule has 0 aromatic carbocycles. The molecule has 0 radical (unpaired) electrons. The molecule has 0 aliphatic carbocycles. The van der Waals surface area contributed by atoms with Crippen molar-refractivity contribution in [2.75, 3.05) is 6.61 Å². The average Bonchev–Trinajstić information content (AvgIpc) is 1.61. The summed E-state index contributed by atoms with van der Waals surface area (Å²) >= 11 is 0. The summed E-state index contributed by atoms with van der Waals surface area (Å²) in [4.78, 5) is 20.0. The zero-order valence-corrected chi connectivity index (χ0v) is 6.80. The second kappa shape index (κ2) is 5.93. The minimum Gasteiger partial charge on any atom is -0.458 e. The number of ether oxygens (including phenoxy) is 1. The number of ketones is 1. The summed E-state index contributed by atoms with van der Waals surface area (Å²) in [5, 5.41) is 0. The molecule has 0 saturated carbocycles. The van der Waals surface area contributed by atoms with Gasteiger partial charge < -0.3 is 4.74 Å². The Hall–Kier alpha value is -0.198. The number of esters is 1. The molecular formula is C5H8O3Pd. The Morgan fingerprint density at radius 2 is 1.78 bits per heavy atom. The van der Waals surface area contributed by atoms with Crippen molar-refractivity contribution in [2.24, 2.45) is 0 Å². The van der Waals surface area contributed by atoms with E-state index in [9.17, 15) is 9.59 Å². The number of carbonyl (C=O) groups is 2. The van der Waals surface area contributed by atoms with Gasteiger partial charge >= 0.3 is 5.97 Å². The van der Waals surface area contributed by atoms with Crippen molar-refractivity contribution in [1.82, 2.24) is 0 Å². The minimum atomic E-state index is -0.416. The van der Waals surface area contributed by atoms with Gasteiger partial charge in [-0.2, -0.15) is 0 Å². The zero-order chi connectivity index (χ0) is 6.57. The monoisotopic (exact) mass is 222 g/mol. The Morgan fingerprint density at radius 3 is 1.89 bits per heavy atom. The van der Waals surface area contributed by atoms with Crippen LogP contribution in [-0.4, -0.2) is 18.4 Å². The maximum Gasteiger partial charge on any atom is 0.303 e. The molecule has 0 fully saturated rings. The van der Waals surface area contributed by atoms with Gasteiger partial charge in [-0.1, -0.05) is 0 Å². The van der Waals surface area contributed by atoms with Crippen molar-refractivity contribution < 1.29 is 34.7 Å². The summed E-state index contributed by atoms with van der Waals surface area (Å²) in [7, 11) is 0. The van der Waals surface area contributed by atoms with Crippen LogP contribution in [0.15, 0.2) is 0 Å². The van der Waals surface area contributed by atoms with Crippen LogP contribution in [0.1, 0.15) is 13.8 Å². The van der Waals surface area contributed by atoms with Crippen molar-refractivity contribution in [1.29, 1.82) is 0 Å². The fraction of sp³-hybridized carbons (Fsp3) is 0.600. The quantitative estimate of drug-likeness (QED) is 0.493. The number of hydrogen-bond acceptors (Lipinski definition) is 3. The SMILES string of the molecule is CC(=O)COC(C)=O.[Pd]. The molecule has 0 atom stereocenters. The molecular weight excluding hydrogens is 214 g/mol. The van der Waals surface area contributed by atoms with Gasteiger partial charge in [0.05, 0.1) is 0 Å². The maximum atomic E-state index is 10.1. The van der Waals surface area contributed by atoms with Crippen molar-refractivity contribution in [2.45, 2.75) is 13.8 Å². The summed E-state index contributed by atoms with van der Waals surface area (Å²) in [6.45, 7) is 2.53. The summed E-state index contributed by atoms with van der Waals surface area (Å²) in [5.74, 6) is -0.555. The third kappa shape index (κ3) is 11.4. The van der Waals surface area contributed by atoms with Gasteiger partial charge in [0.25, 0.3) is 0 Å². The number of rotatable bonds is 2. The molecule has 0 N–H and O–H groups in total. The van der Waals surface area contributed by atoms with Crippen LogP contribution in [0.3, 0.4) is 0 Å². The van der Waals surface area contributed by atoms with Crippen LogP contribution >= 0.6 is 0 Å². The van der Waals surface area contributed by atoms with Gasteiger partial charge in [-0.05, 0) is 6.92 Å². The second-order valence-electron chi connectivity index (χ2n) is 1.48. The summed E-state index contributed by atoms with van der Waals surface area (Å²) in [5.41, 5.74) is 0. The first-order valence-electron chi connectivity index (χ1n) is 2.25. The van der Waals surface area contributed by atoms with E-state index in [0.717, 1.165) is 0 Å². The van der Waals surface area contributed by atoms with E-state index in [2.05, 4.69) is 4.74 Å². The third-order valence-corrected chi connectivity index (χ3v) is 0.479. The van der Waals surface area contributed by atoms with Crippen molar-refractivity contribution in [3.63, 3.8) is 0 Å². The van der Waals surface area contributed by atoms with Gasteiger partial charge in [-0.3, -0.25) is 9.59 Å². The number of hydrogen-bond donors (Lipinski definition) is 0. The molecule has 0 heterocycles. The maximum absolute atomic E-state index is 10.1. The topological polar surface area (TPSA) is 43.4 Å². The Kier molecular flexibility index (Phi) is 7.63. The average molecular weight is 223 g/mol. The molecule has 56 valence electrons. The predicted octanol–water partition coefficient (Wildman–Crippen LogP) is 0.136. The van der Waals surface area contributed by atoms with Gasteiger partial charge in [0.1, 0.15) is 6.61 Å². The van der Waals surface area contributed by atoms with Gasteiger partial charge in [0, 0.05) is 27.3 Å². The molecule has 0 amide bonds. The first kappa shape index (κ1) is 11.6. The smallest absolute Gasteiger partial charge is 0.303 e. The molecule has 3 nitrogen and oxygen atoms in total. The molecule has 0 bridgehead atoms. The van der Waals surface area contributed by atoms with Crippen LogP contribution < -0.4 is 0 Å². The van der Waals surface area contributed by atoms with Crippen LogP contribution in [-0.2, 0) is 34.7 Å². The van der Waals surface area contributed by atoms with Gasteiger partial charge in [-0.25, -0.2) is 0 Å². The molecule has 0 aliphatic rings. The first-order valence-corrected chi connectivity index (χ1v) is 2.25. The van der Waals surface area contributed by atoms with Crippen LogP contribution in [0.2, 0.25) is 0 Å². The first-order chi connectivity index (χ1) is 3.63. The van der Waals surface area contributed by atoms with Crippen molar-refractivity contribution in [3.8, 4) is 0 Å². The Balaban J connectivity index is 0. The van der Waals surface area contributed by atoms with Crippen LogP contribution in [0.4, 0.5) is 0 Å². The molecule has 0 saturated heterocycles. The Morgan fingerprint density at radius 1 is 1.33 bits per heavy atom. The fourth-order valence-corrected chi connectivity index (χ4v) is 0.203. The van der Waals surface area contributed by atoms with E-state index in [-0.39, 0.29) is 32.8 Å². The fourth-order valence-electron chi connectivity index (χ4n) is 0.203. The van der Waals surface area contributed by atoms with Crippen molar-refractivity contribution >= 4 is 11.8 Å². The molecule has 0 aliphatic heterocycles. The van der Waals surface area contributed by atoms with E-state index >= 15 is 0 Å². The standard InChI is InChI=1S/C5H8O3.Pd/c1-4(6)3-8-5(2)7;/h3H2,1-2H3;. The van der Waals surface area contributed by atoms with E-state index < -0.39 is 5.97 Å². The summed E-state index contributed by atoms with van der Waals surface area (Å²) < 4.78 is 4.31. The van der Waals surface area contributed by atoms with Gasteiger partial charge in [0.15, 0.2) is 5.78 Å². The number of Topliss-reactive ketones (excluding diaryl/α,β-unsaturated/α-hetero) is 1. The van der Waals surface area contributed by atoms with Gasteiger partial charge in [-0.15, -0.1) is 0 Å². The molecule has 0 unspecified atom stereocenters. The van der Waals surface area contributed by atoms with E-state index in [1.807, 2.05) is 0 Å². The second-order valence-corrected chi connectivity index (χ2v) is 1.48. The largest absolute Gasteiger partial charge is 0.458 e. The van der Waals surface area contributed by atoms with E-state index in [0.29, 0.717) is 0 Å². The van der Waals surface area contributed by atoms with Crippen LogP contribution in [0, 0.1) is 0 Å². The van der Waals surface area contributed by atoms with E-state index in [1.54, 1.807) is 0 Å². The summed E-state index contributed by atoms with van der Waals surface area (Å²) in [6.07, 6.45) is 0. The Bertz CT molecular complexity index is 96.8. The molecule has 0 spiro atoms. The predicted molar refractivity (Wildman–Crippen MR) is 27.3 cm³/mol. The summed E-state index contributed by atoms with van der Waals surface area (Å²) in [6, 6.07) is 0. The normalized spacial score (nSPS) is 7.33. The molecule has 9 heavy (non-hydrogen) atoms. The van der Waals surface area contributed by atoms with E-state index in [4.69, 9.17) is 0 Å². The molecule has 0 aromatic rings. The van der Waals surface area contributed by atoms with Crippen LogP contribution in [0.5, 0.6) is 0 Å². The van der Waals surface area contributed by atoms with Crippen molar-refractivity contribution in [3.05, 3.63) is 0 Å².